The molecule has 0 atom stereocenters. The molecule has 1 fully saturated rings. The molecule has 0 radical (unpaired) electrons. The van der Waals surface area contributed by atoms with Crippen molar-refractivity contribution in [3.63, 3.8) is 0 Å². The largest absolute Gasteiger partial charge is 0.497 e. The maximum Gasteiger partial charge on any atom is 0.257 e. The zero-order valence-electron chi connectivity index (χ0n) is 16.9. The van der Waals surface area contributed by atoms with Crippen LogP contribution in [0.15, 0.2) is 54.7 Å². The van der Waals surface area contributed by atoms with Crippen LogP contribution in [0, 0.1) is 0 Å². The van der Waals surface area contributed by atoms with E-state index in [2.05, 4.69) is 0 Å². The standard InChI is InChI=1S/C22H23N3O4S/c1-28-17-8-9-18(20(14-17)29-2)21-19(22(26)24-10-12-30(27)13-11-24)15-25(23-21)16-6-4-3-5-7-16/h3-9,14-15H,10-13H2,1-2H3. The van der Waals surface area contributed by atoms with Crippen molar-refractivity contribution in [3.8, 4) is 28.4 Å². The van der Waals surface area contributed by atoms with Gasteiger partial charge in [-0.1, -0.05) is 18.2 Å². The maximum atomic E-state index is 13.4. The minimum Gasteiger partial charge on any atom is -0.497 e. The molecule has 2 aromatic carbocycles. The summed E-state index contributed by atoms with van der Waals surface area (Å²) in [4.78, 5) is 15.1. The number of aromatic nitrogens is 2. The molecule has 3 aromatic rings. The summed E-state index contributed by atoms with van der Waals surface area (Å²) < 4.78 is 24.3. The van der Waals surface area contributed by atoms with Gasteiger partial charge >= 0.3 is 0 Å². The van der Waals surface area contributed by atoms with Crippen molar-refractivity contribution >= 4 is 16.7 Å². The SMILES string of the molecule is COc1ccc(-c2nn(-c3ccccc3)cc2C(=O)N2CCS(=O)CC2)c(OC)c1. The lowest BCUT2D eigenvalue weighted by atomic mass is 10.1. The number of nitrogens with zero attached hydrogens (tertiary/aromatic N) is 3. The molecule has 1 saturated heterocycles. The third-order valence-electron chi connectivity index (χ3n) is 5.09. The first kappa shape index (κ1) is 20.2. The number of benzene rings is 2. The molecule has 8 heteroatoms. The molecule has 0 saturated carbocycles. The maximum absolute atomic E-state index is 13.4. The average Bonchev–Trinajstić information content (AvgIpc) is 3.24. The van der Waals surface area contributed by atoms with Crippen molar-refractivity contribution in [2.75, 3.05) is 38.8 Å². The van der Waals surface area contributed by atoms with Crippen molar-refractivity contribution in [1.82, 2.24) is 14.7 Å². The van der Waals surface area contributed by atoms with Crippen molar-refractivity contribution in [2.24, 2.45) is 0 Å². The Morgan fingerprint density at radius 1 is 1.03 bits per heavy atom. The molecule has 1 aliphatic rings. The number of carbonyl (C=O) groups is 1. The van der Waals surface area contributed by atoms with Crippen molar-refractivity contribution in [3.05, 3.63) is 60.3 Å². The molecule has 0 spiro atoms. The molecule has 1 aromatic heterocycles. The molecule has 156 valence electrons. The van der Waals surface area contributed by atoms with E-state index in [-0.39, 0.29) is 5.91 Å². The Bertz CT molecular complexity index is 1070. The second kappa shape index (κ2) is 8.71. The minimum absolute atomic E-state index is 0.123. The highest BCUT2D eigenvalue weighted by molar-refractivity contribution is 7.85. The fourth-order valence-corrected chi connectivity index (χ4v) is 4.50. The van der Waals surface area contributed by atoms with Gasteiger partial charge in [-0.2, -0.15) is 5.10 Å². The van der Waals surface area contributed by atoms with Gasteiger partial charge in [0.2, 0.25) is 0 Å². The molecule has 0 bridgehead atoms. The Morgan fingerprint density at radius 2 is 1.77 bits per heavy atom. The number of carbonyl (C=O) groups excluding carboxylic acids is 1. The zero-order valence-corrected chi connectivity index (χ0v) is 17.7. The summed E-state index contributed by atoms with van der Waals surface area (Å²) in [5.74, 6) is 2.10. The lowest BCUT2D eigenvalue weighted by Gasteiger charge is -2.26. The van der Waals surface area contributed by atoms with Crippen LogP contribution >= 0.6 is 0 Å². The second-order valence-electron chi connectivity index (χ2n) is 6.88. The number of ether oxygens (including phenoxy) is 2. The topological polar surface area (TPSA) is 73.7 Å². The molecule has 30 heavy (non-hydrogen) atoms. The molecule has 1 amide bonds. The number of para-hydroxylation sites is 1. The summed E-state index contributed by atoms with van der Waals surface area (Å²) >= 11 is 0. The Kier molecular flexibility index (Phi) is 5.85. The van der Waals surface area contributed by atoms with E-state index >= 15 is 0 Å². The van der Waals surface area contributed by atoms with Crippen molar-refractivity contribution in [2.45, 2.75) is 0 Å². The molecule has 1 aliphatic heterocycles. The number of amides is 1. The summed E-state index contributed by atoms with van der Waals surface area (Å²) in [6.45, 7) is 0.947. The first-order chi connectivity index (χ1) is 14.6. The van der Waals surface area contributed by atoms with Crippen LogP contribution in [0.5, 0.6) is 11.5 Å². The Balaban J connectivity index is 1.81. The van der Waals surface area contributed by atoms with E-state index in [4.69, 9.17) is 14.6 Å². The normalized spacial score (nSPS) is 14.5. The number of rotatable bonds is 5. The van der Waals surface area contributed by atoms with Gasteiger partial charge < -0.3 is 14.4 Å². The molecule has 0 N–H and O–H groups in total. The van der Waals surface area contributed by atoms with E-state index in [0.29, 0.717) is 52.9 Å². The lowest BCUT2D eigenvalue weighted by molar-refractivity contribution is 0.0772. The zero-order chi connectivity index (χ0) is 21.1. The van der Waals surface area contributed by atoms with Gasteiger partial charge in [0.05, 0.1) is 25.5 Å². The molecular weight excluding hydrogens is 402 g/mol. The Labute approximate surface area is 177 Å². The van der Waals surface area contributed by atoms with Gasteiger partial charge in [-0.3, -0.25) is 9.00 Å². The van der Waals surface area contributed by atoms with Crippen LogP contribution in [0.2, 0.25) is 0 Å². The van der Waals surface area contributed by atoms with Crippen LogP contribution in [0.25, 0.3) is 16.9 Å². The third kappa shape index (κ3) is 3.95. The lowest BCUT2D eigenvalue weighted by Crippen LogP contribution is -2.41. The third-order valence-corrected chi connectivity index (χ3v) is 6.37. The van der Waals surface area contributed by atoms with Crippen molar-refractivity contribution < 1.29 is 18.5 Å². The fourth-order valence-electron chi connectivity index (χ4n) is 3.45. The number of hydrogen-bond donors (Lipinski definition) is 0. The van der Waals surface area contributed by atoms with Gasteiger partial charge in [-0.25, -0.2) is 4.68 Å². The summed E-state index contributed by atoms with van der Waals surface area (Å²) in [7, 11) is 2.31. The first-order valence-corrected chi connectivity index (χ1v) is 11.1. The van der Waals surface area contributed by atoms with Gasteiger partial charge in [-0.15, -0.1) is 0 Å². The van der Waals surface area contributed by atoms with E-state index in [1.54, 1.807) is 36.1 Å². The predicted octanol–water partition coefficient (Wildman–Crippen LogP) is 2.76. The summed E-state index contributed by atoms with van der Waals surface area (Å²) in [6, 6.07) is 15.1. The van der Waals surface area contributed by atoms with Crippen molar-refractivity contribution in [1.29, 1.82) is 0 Å². The number of hydrogen-bond acceptors (Lipinski definition) is 5. The number of methoxy groups -OCH3 is 2. The molecule has 0 unspecified atom stereocenters. The van der Waals surface area contributed by atoms with E-state index in [9.17, 15) is 9.00 Å². The molecule has 0 aliphatic carbocycles. The minimum atomic E-state index is -0.857. The van der Waals surface area contributed by atoms with Crippen LogP contribution < -0.4 is 9.47 Å². The van der Waals surface area contributed by atoms with Crippen LogP contribution in [-0.4, -0.2) is 63.6 Å². The molecular formula is C22H23N3O4S. The van der Waals surface area contributed by atoms with Gasteiger partial charge in [0, 0.05) is 53.2 Å². The fraction of sp³-hybridized carbons (Fsp3) is 0.273. The summed E-state index contributed by atoms with van der Waals surface area (Å²) in [6.07, 6.45) is 1.75. The van der Waals surface area contributed by atoms with E-state index in [1.807, 2.05) is 42.5 Å². The van der Waals surface area contributed by atoms with Crippen LogP contribution in [0.3, 0.4) is 0 Å². The smallest absolute Gasteiger partial charge is 0.257 e. The first-order valence-electron chi connectivity index (χ1n) is 9.62. The van der Waals surface area contributed by atoms with Gasteiger partial charge in [-0.05, 0) is 24.3 Å². The molecule has 7 nitrogen and oxygen atoms in total. The predicted molar refractivity (Wildman–Crippen MR) is 116 cm³/mol. The summed E-state index contributed by atoms with van der Waals surface area (Å²) in [5.41, 5.74) is 2.58. The van der Waals surface area contributed by atoms with Gasteiger partial charge in [0.25, 0.3) is 5.91 Å². The van der Waals surface area contributed by atoms with E-state index in [0.717, 1.165) is 5.69 Å². The Morgan fingerprint density at radius 3 is 2.43 bits per heavy atom. The second-order valence-corrected chi connectivity index (χ2v) is 8.57. The average molecular weight is 426 g/mol. The highest BCUT2D eigenvalue weighted by Crippen LogP contribution is 2.35. The van der Waals surface area contributed by atoms with Gasteiger partial charge in [0.15, 0.2) is 0 Å². The van der Waals surface area contributed by atoms with Crippen LogP contribution in [0.1, 0.15) is 10.4 Å². The van der Waals surface area contributed by atoms with Gasteiger partial charge in [0.1, 0.15) is 17.2 Å². The van der Waals surface area contributed by atoms with E-state index in [1.165, 1.54) is 0 Å². The van der Waals surface area contributed by atoms with Crippen LogP contribution in [-0.2, 0) is 10.8 Å². The highest BCUT2D eigenvalue weighted by Gasteiger charge is 2.27. The monoisotopic (exact) mass is 425 g/mol. The van der Waals surface area contributed by atoms with Crippen LogP contribution in [0.4, 0.5) is 0 Å². The molecule has 2 heterocycles. The highest BCUT2D eigenvalue weighted by atomic mass is 32.2. The quantitative estimate of drug-likeness (QED) is 0.629. The van der Waals surface area contributed by atoms with E-state index < -0.39 is 10.8 Å². The Hall–Kier alpha value is -3.13. The summed E-state index contributed by atoms with van der Waals surface area (Å²) in [5, 5.41) is 4.73. The molecule has 4 rings (SSSR count).